The summed E-state index contributed by atoms with van der Waals surface area (Å²) in [5, 5.41) is 15.8. The SMILES string of the molecule is COc1ccc2cc(OC)c(C=C3SC(=Nc4ccc(CC(=O)[O-])cc4)NC3=O)cc2c1.[Na+]. The summed E-state index contributed by atoms with van der Waals surface area (Å²) < 4.78 is 10.8. The topological polar surface area (TPSA) is 100 Å². The van der Waals surface area contributed by atoms with Gasteiger partial charge in [0.2, 0.25) is 0 Å². The summed E-state index contributed by atoms with van der Waals surface area (Å²) in [4.78, 5) is 28.1. The Balaban J connectivity index is 0.00000306. The number of carboxylic acid groups (broad SMARTS) is 1. The third kappa shape index (κ3) is 5.97. The number of nitrogens with zero attached hydrogens (tertiary/aromatic N) is 1. The molecule has 1 saturated heterocycles. The molecule has 1 N–H and O–H groups in total. The molecule has 0 radical (unpaired) electrons. The first kappa shape index (κ1) is 24.9. The molecular weight excluding hydrogens is 451 g/mol. The zero-order valence-electron chi connectivity index (χ0n) is 18.4. The average molecular weight is 470 g/mol. The molecule has 0 aromatic heterocycles. The van der Waals surface area contributed by atoms with Crippen molar-refractivity contribution in [1.82, 2.24) is 5.32 Å². The van der Waals surface area contributed by atoms with Crippen LogP contribution >= 0.6 is 11.8 Å². The minimum absolute atomic E-state index is 0. The Bertz CT molecular complexity index is 1270. The van der Waals surface area contributed by atoms with Gasteiger partial charge in [0.05, 0.1) is 24.8 Å². The van der Waals surface area contributed by atoms with Crippen LogP contribution < -0.4 is 49.5 Å². The number of carbonyl (C=O) groups excluding carboxylic acids is 2. The summed E-state index contributed by atoms with van der Waals surface area (Å²) in [5.41, 5.74) is 1.99. The van der Waals surface area contributed by atoms with Gasteiger partial charge in [-0.2, -0.15) is 0 Å². The van der Waals surface area contributed by atoms with Crippen LogP contribution in [-0.2, 0) is 16.0 Å². The van der Waals surface area contributed by atoms with Crippen molar-refractivity contribution in [1.29, 1.82) is 0 Å². The third-order valence-electron chi connectivity index (χ3n) is 4.85. The maximum Gasteiger partial charge on any atom is 1.00 e. The molecule has 1 amide bonds. The molecule has 0 aliphatic carbocycles. The minimum atomic E-state index is -1.14. The molecule has 7 nitrogen and oxygen atoms in total. The number of benzene rings is 3. The van der Waals surface area contributed by atoms with Crippen LogP contribution in [0.4, 0.5) is 5.69 Å². The van der Waals surface area contributed by atoms with E-state index in [2.05, 4.69) is 10.3 Å². The number of amides is 1. The van der Waals surface area contributed by atoms with Crippen LogP contribution in [-0.4, -0.2) is 31.3 Å². The number of thioether (sulfide) groups is 1. The van der Waals surface area contributed by atoms with Crippen molar-refractivity contribution >= 4 is 51.3 Å². The van der Waals surface area contributed by atoms with Gasteiger partial charge in [-0.1, -0.05) is 18.2 Å². The Morgan fingerprint density at radius 3 is 2.48 bits per heavy atom. The van der Waals surface area contributed by atoms with E-state index in [1.165, 1.54) is 11.8 Å². The number of fused-ring (bicyclic) bond motifs is 1. The number of methoxy groups -OCH3 is 2. The number of aliphatic imine (C=N–C) groups is 1. The zero-order valence-corrected chi connectivity index (χ0v) is 21.2. The Kier molecular flexibility index (Phi) is 8.20. The van der Waals surface area contributed by atoms with Crippen molar-refractivity contribution in [3.8, 4) is 11.5 Å². The number of ether oxygens (including phenoxy) is 2. The van der Waals surface area contributed by atoms with Gasteiger partial charge in [-0.15, -0.1) is 0 Å². The van der Waals surface area contributed by atoms with Gasteiger partial charge in [0.15, 0.2) is 5.17 Å². The van der Waals surface area contributed by atoms with Gasteiger partial charge in [0, 0.05) is 18.0 Å². The van der Waals surface area contributed by atoms with Crippen LogP contribution in [0.2, 0.25) is 0 Å². The number of carbonyl (C=O) groups is 2. The van der Waals surface area contributed by atoms with Crippen molar-refractivity contribution in [3.05, 3.63) is 70.6 Å². The van der Waals surface area contributed by atoms with Gasteiger partial charge in [-0.25, -0.2) is 4.99 Å². The molecule has 1 aliphatic rings. The van der Waals surface area contributed by atoms with Crippen LogP contribution in [0.1, 0.15) is 11.1 Å². The van der Waals surface area contributed by atoms with Crippen molar-refractivity contribution in [2.24, 2.45) is 4.99 Å². The maximum atomic E-state index is 12.5. The number of amidine groups is 1. The molecule has 0 unspecified atom stereocenters. The van der Waals surface area contributed by atoms with E-state index in [1.807, 2.05) is 30.3 Å². The third-order valence-corrected chi connectivity index (χ3v) is 5.76. The first-order valence-electron chi connectivity index (χ1n) is 9.69. The van der Waals surface area contributed by atoms with E-state index in [9.17, 15) is 14.7 Å². The summed E-state index contributed by atoms with van der Waals surface area (Å²) in [7, 11) is 3.20. The van der Waals surface area contributed by atoms with E-state index < -0.39 is 5.97 Å². The molecule has 162 valence electrons. The van der Waals surface area contributed by atoms with E-state index in [1.54, 1.807) is 44.6 Å². The quantitative estimate of drug-likeness (QED) is 0.404. The van der Waals surface area contributed by atoms with Crippen molar-refractivity contribution in [2.75, 3.05) is 14.2 Å². The summed E-state index contributed by atoms with van der Waals surface area (Å²) in [5.74, 6) is 0.00176. The summed E-state index contributed by atoms with van der Waals surface area (Å²) in [6, 6.07) is 16.4. The molecule has 9 heteroatoms. The van der Waals surface area contributed by atoms with Gasteiger partial charge in [0.1, 0.15) is 11.5 Å². The number of hydrogen-bond acceptors (Lipinski definition) is 7. The Hall–Kier alpha value is -2.78. The first-order valence-corrected chi connectivity index (χ1v) is 10.5. The molecule has 4 rings (SSSR count). The molecule has 3 aromatic rings. The fourth-order valence-corrected chi connectivity index (χ4v) is 4.12. The Morgan fingerprint density at radius 1 is 1.06 bits per heavy atom. The predicted octanol–water partition coefficient (Wildman–Crippen LogP) is 0.0450. The average Bonchev–Trinajstić information content (AvgIpc) is 3.12. The van der Waals surface area contributed by atoms with Crippen LogP contribution in [0.3, 0.4) is 0 Å². The number of nitrogens with one attached hydrogen (secondary N) is 1. The van der Waals surface area contributed by atoms with Gasteiger partial charge >= 0.3 is 29.6 Å². The second kappa shape index (κ2) is 10.9. The van der Waals surface area contributed by atoms with Gasteiger partial charge in [-0.3, -0.25) is 4.79 Å². The number of hydrogen-bond donors (Lipinski definition) is 1. The van der Waals surface area contributed by atoms with E-state index >= 15 is 0 Å². The number of rotatable bonds is 6. The molecule has 0 atom stereocenters. The van der Waals surface area contributed by atoms with Crippen molar-refractivity contribution in [2.45, 2.75) is 6.42 Å². The van der Waals surface area contributed by atoms with E-state index in [4.69, 9.17) is 9.47 Å². The zero-order chi connectivity index (χ0) is 22.7. The standard InChI is InChI=1S/C24H20N2O5S.Na/c1-30-19-8-5-15-12-20(31-2)17(10-16(15)11-19)13-21-23(29)26-24(32-21)25-18-6-3-14(4-7-18)9-22(27)28;/h3-8,10-13H,9H2,1-2H3,(H,27,28)(H,25,26,29);/q;+1/p-1. The summed E-state index contributed by atoms with van der Waals surface area (Å²) in [6.45, 7) is 0. The molecule has 0 spiro atoms. The Morgan fingerprint density at radius 2 is 1.82 bits per heavy atom. The molecular formula is C24H19N2NaO5S. The van der Waals surface area contributed by atoms with Crippen LogP contribution in [0.25, 0.3) is 16.8 Å². The van der Waals surface area contributed by atoms with Gasteiger partial charge in [-0.05, 0) is 70.6 Å². The maximum absolute atomic E-state index is 12.5. The molecule has 33 heavy (non-hydrogen) atoms. The van der Waals surface area contributed by atoms with Crippen LogP contribution in [0, 0.1) is 0 Å². The normalized spacial score (nSPS) is 15.4. The van der Waals surface area contributed by atoms with Crippen LogP contribution in [0.15, 0.2) is 64.5 Å². The molecule has 0 bridgehead atoms. The summed E-state index contributed by atoms with van der Waals surface area (Å²) >= 11 is 1.22. The van der Waals surface area contributed by atoms with E-state index in [0.29, 0.717) is 27.1 Å². The van der Waals surface area contributed by atoms with Gasteiger partial charge in [0.25, 0.3) is 5.91 Å². The largest absolute Gasteiger partial charge is 1.00 e. The number of aliphatic carboxylic acids is 1. The second-order valence-corrected chi connectivity index (χ2v) is 8.03. The molecule has 1 aliphatic heterocycles. The van der Waals surface area contributed by atoms with Gasteiger partial charge < -0.3 is 24.7 Å². The van der Waals surface area contributed by atoms with Crippen molar-refractivity contribution < 1.29 is 53.7 Å². The number of carboxylic acids is 1. The van der Waals surface area contributed by atoms with E-state index in [0.717, 1.165) is 22.1 Å². The summed E-state index contributed by atoms with van der Waals surface area (Å²) in [6.07, 6.45) is 1.61. The Labute approximate surface area is 217 Å². The van der Waals surface area contributed by atoms with E-state index in [-0.39, 0.29) is 41.9 Å². The molecule has 1 fully saturated rings. The predicted molar refractivity (Wildman–Crippen MR) is 123 cm³/mol. The fraction of sp³-hybridized carbons (Fsp3) is 0.125. The first-order chi connectivity index (χ1) is 15.4. The fourth-order valence-electron chi connectivity index (χ4n) is 3.28. The van der Waals surface area contributed by atoms with Crippen molar-refractivity contribution in [3.63, 3.8) is 0 Å². The molecule has 1 heterocycles. The van der Waals surface area contributed by atoms with Crippen LogP contribution in [0.5, 0.6) is 11.5 Å². The molecule has 0 saturated carbocycles. The smallest absolute Gasteiger partial charge is 0.550 e. The second-order valence-electron chi connectivity index (χ2n) is 7.00. The minimum Gasteiger partial charge on any atom is -0.550 e. The monoisotopic (exact) mass is 470 g/mol. The molecule has 3 aromatic carbocycles.